The molecular formula is C30H34N4O5S. The number of hydrogen-bond donors (Lipinski definition) is 1. The number of carbonyl (C=O) groups is 2. The van der Waals surface area contributed by atoms with Crippen molar-refractivity contribution in [2.24, 2.45) is 4.99 Å². The Morgan fingerprint density at radius 2 is 1.62 bits per heavy atom. The lowest BCUT2D eigenvalue weighted by Crippen LogP contribution is -2.38. The SMILES string of the molecule is CCN(CC)CCN(c1ccc(N=C(c2ccccc2)C2C(=O)Nc3cc(C(=O)OC)ccc32)cc1)S(C)(=O)=O. The topological polar surface area (TPSA) is 108 Å². The lowest BCUT2D eigenvalue weighted by atomic mass is 9.90. The van der Waals surface area contributed by atoms with Gasteiger partial charge in [0.25, 0.3) is 0 Å². The molecule has 0 fully saturated rings. The Morgan fingerprint density at radius 3 is 2.23 bits per heavy atom. The van der Waals surface area contributed by atoms with Crippen molar-refractivity contribution in [3.8, 4) is 0 Å². The van der Waals surface area contributed by atoms with E-state index in [1.165, 1.54) is 17.7 Å². The molecule has 40 heavy (non-hydrogen) atoms. The number of carbonyl (C=O) groups excluding carboxylic acids is 2. The number of ether oxygens (including phenoxy) is 1. The number of anilines is 2. The summed E-state index contributed by atoms with van der Waals surface area (Å²) in [6.45, 7) is 6.73. The molecule has 1 aliphatic rings. The van der Waals surface area contributed by atoms with Crippen LogP contribution in [0, 0.1) is 0 Å². The number of benzene rings is 3. The molecule has 210 valence electrons. The Hall–Kier alpha value is -4.02. The van der Waals surface area contributed by atoms with E-state index in [0.717, 1.165) is 18.7 Å². The minimum Gasteiger partial charge on any atom is -0.465 e. The Balaban J connectivity index is 1.71. The first-order valence-corrected chi connectivity index (χ1v) is 15.0. The fraction of sp³-hybridized carbons (Fsp3) is 0.300. The molecule has 0 radical (unpaired) electrons. The van der Waals surface area contributed by atoms with Gasteiger partial charge in [-0.3, -0.25) is 14.1 Å². The van der Waals surface area contributed by atoms with Gasteiger partial charge in [0.15, 0.2) is 0 Å². The van der Waals surface area contributed by atoms with E-state index in [4.69, 9.17) is 9.73 Å². The van der Waals surface area contributed by atoms with Gasteiger partial charge in [-0.05, 0) is 60.6 Å². The predicted octanol–water partition coefficient (Wildman–Crippen LogP) is 4.44. The molecule has 1 unspecified atom stereocenters. The molecule has 1 N–H and O–H groups in total. The van der Waals surface area contributed by atoms with Crippen LogP contribution >= 0.6 is 0 Å². The lowest BCUT2D eigenvalue weighted by molar-refractivity contribution is -0.115. The first-order valence-electron chi connectivity index (χ1n) is 13.1. The number of nitrogens with zero attached hydrogens (tertiary/aromatic N) is 3. The highest BCUT2D eigenvalue weighted by molar-refractivity contribution is 7.92. The average Bonchev–Trinajstić information content (AvgIpc) is 3.28. The largest absolute Gasteiger partial charge is 0.465 e. The van der Waals surface area contributed by atoms with Crippen molar-refractivity contribution in [1.29, 1.82) is 0 Å². The number of nitrogens with one attached hydrogen (secondary N) is 1. The molecule has 0 aliphatic carbocycles. The van der Waals surface area contributed by atoms with Crippen molar-refractivity contribution in [1.82, 2.24) is 4.90 Å². The van der Waals surface area contributed by atoms with Crippen LogP contribution < -0.4 is 9.62 Å². The van der Waals surface area contributed by atoms with Crippen LogP contribution in [0.4, 0.5) is 17.1 Å². The summed E-state index contributed by atoms with van der Waals surface area (Å²) in [6, 6.07) is 21.4. The zero-order chi connectivity index (χ0) is 28.9. The third-order valence-electron chi connectivity index (χ3n) is 6.95. The Kier molecular flexibility index (Phi) is 9.01. The Bertz CT molecular complexity index is 1500. The van der Waals surface area contributed by atoms with Gasteiger partial charge in [0.1, 0.15) is 5.92 Å². The van der Waals surface area contributed by atoms with Crippen molar-refractivity contribution in [3.05, 3.63) is 89.5 Å². The molecule has 3 aromatic rings. The van der Waals surface area contributed by atoms with Gasteiger partial charge >= 0.3 is 5.97 Å². The number of esters is 1. The standard InChI is InChI=1S/C30H34N4O5S/c1-5-33(6-2)18-19-34(40(4,37)38)24-15-13-23(14-16-24)31-28(21-10-8-7-9-11-21)27-25-17-12-22(30(36)39-3)20-26(25)32-29(27)35/h7-17,20,27H,5-6,18-19H2,1-4H3,(H,32,35). The van der Waals surface area contributed by atoms with Crippen LogP contribution in [-0.2, 0) is 19.6 Å². The van der Waals surface area contributed by atoms with Crippen molar-refractivity contribution in [3.63, 3.8) is 0 Å². The Labute approximate surface area is 235 Å². The maximum atomic E-state index is 13.2. The highest BCUT2D eigenvalue weighted by Gasteiger charge is 2.36. The molecule has 1 atom stereocenters. The first-order chi connectivity index (χ1) is 19.2. The minimum absolute atomic E-state index is 0.254. The maximum Gasteiger partial charge on any atom is 0.337 e. The normalized spacial score (nSPS) is 15.1. The first kappa shape index (κ1) is 29.0. The van der Waals surface area contributed by atoms with E-state index in [1.54, 1.807) is 42.5 Å². The molecule has 0 aromatic heterocycles. The number of aliphatic imine (C=N–C) groups is 1. The van der Waals surface area contributed by atoms with E-state index in [1.807, 2.05) is 44.2 Å². The number of rotatable bonds is 11. The zero-order valence-electron chi connectivity index (χ0n) is 23.1. The predicted molar refractivity (Wildman–Crippen MR) is 158 cm³/mol. The van der Waals surface area contributed by atoms with Crippen LogP contribution in [0.2, 0.25) is 0 Å². The maximum absolute atomic E-state index is 13.2. The van der Waals surface area contributed by atoms with Gasteiger partial charge in [0.2, 0.25) is 15.9 Å². The van der Waals surface area contributed by atoms with Gasteiger partial charge in [-0.2, -0.15) is 0 Å². The molecule has 0 spiro atoms. The fourth-order valence-electron chi connectivity index (χ4n) is 4.77. The monoisotopic (exact) mass is 562 g/mol. The van der Waals surface area contributed by atoms with Gasteiger partial charge in [-0.15, -0.1) is 0 Å². The van der Waals surface area contributed by atoms with Crippen molar-refractivity contribution < 1.29 is 22.7 Å². The Morgan fingerprint density at radius 1 is 0.950 bits per heavy atom. The van der Waals surface area contributed by atoms with Crippen LogP contribution in [0.5, 0.6) is 0 Å². The summed E-state index contributed by atoms with van der Waals surface area (Å²) in [7, 11) is -2.18. The summed E-state index contributed by atoms with van der Waals surface area (Å²) in [5.74, 6) is -1.45. The van der Waals surface area contributed by atoms with Crippen LogP contribution in [0.15, 0.2) is 77.8 Å². The third-order valence-corrected chi connectivity index (χ3v) is 8.14. The van der Waals surface area contributed by atoms with E-state index in [-0.39, 0.29) is 5.91 Å². The molecule has 3 aromatic carbocycles. The summed E-state index contributed by atoms with van der Waals surface area (Å²) in [4.78, 5) is 32.3. The van der Waals surface area contributed by atoms with Crippen molar-refractivity contribution in [2.45, 2.75) is 19.8 Å². The van der Waals surface area contributed by atoms with E-state index in [2.05, 4.69) is 10.2 Å². The molecule has 1 aliphatic heterocycles. The van der Waals surface area contributed by atoms with Crippen molar-refractivity contribution in [2.75, 3.05) is 49.2 Å². The zero-order valence-corrected chi connectivity index (χ0v) is 23.9. The van der Waals surface area contributed by atoms with Gasteiger partial charge < -0.3 is 15.0 Å². The number of likely N-dealkylation sites (N-methyl/N-ethyl adjacent to an activating group) is 1. The van der Waals surface area contributed by atoms with Crippen LogP contribution in [0.1, 0.15) is 41.3 Å². The smallest absolute Gasteiger partial charge is 0.337 e. The highest BCUT2D eigenvalue weighted by atomic mass is 32.2. The second-order valence-corrected chi connectivity index (χ2v) is 11.4. The van der Waals surface area contributed by atoms with E-state index < -0.39 is 21.9 Å². The highest BCUT2D eigenvalue weighted by Crippen LogP contribution is 2.37. The quantitative estimate of drug-likeness (QED) is 0.274. The average molecular weight is 563 g/mol. The van der Waals surface area contributed by atoms with Gasteiger partial charge in [-0.25, -0.2) is 13.2 Å². The van der Waals surface area contributed by atoms with Crippen LogP contribution in [0.25, 0.3) is 0 Å². The minimum atomic E-state index is -3.49. The second kappa shape index (κ2) is 12.4. The third kappa shape index (κ3) is 6.40. The van der Waals surface area contributed by atoms with Crippen molar-refractivity contribution >= 4 is 44.7 Å². The number of sulfonamides is 1. The number of methoxy groups -OCH3 is 1. The number of hydrogen-bond acceptors (Lipinski definition) is 7. The lowest BCUT2D eigenvalue weighted by Gasteiger charge is -2.26. The summed E-state index contributed by atoms with van der Waals surface area (Å²) in [5.41, 5.74) is 4.02. The van der Waals surface area contributed by atoms with E-state index >= 15 is 0 Å². The molecule has 1 heterocycles. The number of amides is 1. The van der Waals surface area contributed by atoms with Gasteiger partial charge in [-0.1, -0.05) is 50.2 Å². The van der Waals surface area contributed by atoms with Gasteiger partial charge in [0.05, 0.1) is 36.0 Å². The molecule has 0 saturated carbocycles. The molecule has 1 amide bonds. The van der Waals surface area contributed by atoms with E-state index in [9.17, 15) is 18.0 Å². The van der Waals surface area contributed by atoms with Gasteiger partial charge in [0, 0.05) is 18.8 Å². The molecular weight excluding hydrogens is 528 g/mol. The second-order valence-electron chi connectivity index (χ2n) is 9.46. The van der Waals surface area contributed by atoms with Crippen LogP contribution in [0.3, 0.4) is 0 Å². The summed E-state index contributed by atoms with van der Waals surface area (Å²) < 4.78 is 31.4. The van der Waals surface area contributed by atoms with E-state index in [0.29, 0.717) is 47.0 Å². The fourth-order valence-corrected chi connectivity index (χ4v) is 5.69. The molecule has 4 rings (SSSR count). The molecule has 0 bridgehead atoms. The molecule has 0 saturated heterocycles. The summed E-state index contributed by atoms with van der Waals surface area (Å²) in [5, 5.41) is 2.87. The summed E-state index contributed by atoms with van der Waals surface area (Å²) in [6.07, 6.45) is 1.20. The molecule has 10 heteroatoms. The summed E-state index contributed by atoms with van der Waals surface area (Å²) >= 11 is 0. The van der Waals surface area contributed by atoms with Crippen LogP contribution in [-0.4, -0.2) is 70.5 Å². The molecule has 9 nitrogen and oxygen atoms in total. The number of fused-ring (bicyclic) bond motifs is 1.